The third-order valence-corrected chi connectivity index (χ3v) is 3.09. The number of thiophene rings is 1. The fourth-order valence-corrected chi connectivity index (χ4v) is 2.12. The Labute approximate surface area is 107 Å². The van der Waals surface area contributed by atoms with E-state index in [9.17, 15) is 0 Å². The quantitative estimate of drug-likeness (QED) is 0.875. The number of nitrogens with one attached hydrogen (secondary N) is 1. The first-order valence-corrected chi connectivity index (χ1v) is 6.06. The minimum atomic E-state index is 0. The topological polar surface area (TPSA) is 12.0 Å². The van der Waals surface area contributed by atoms with Crippen LogP contribution in [0.5, 0.6) is 0 Å². The van der Waals surface area contributed by atoms with Crippen LogP contribution in [0.1, 0.15) is 16.7 Å². The Bertz CT molecular complexity index is 394. The smallest absolute Gasteiger partial charge is 0.0216 e. The van der Waals surface area contributed by atoms with E-state index in [0.29, 0.717) is 0 Å². The fraction of sp³-hybridized carbons (Fsp3) is 0.231. The average Bonchev–Trinajstić information content (AvgIpc) is 2.74. The van der Waals surface area contributed by atoms with E-state index in [1.54, 1.807) is 11.3 Å². The van der Waals surface area contributed by atoms with Crippen LogP contribution in [0.25, 0.3) is 0 Å². The molecular formula is C13H16ClNS. The normalized spacial score (nSPS) is 9.81. The number of benzene rings is 1. The second-order valence-electron chi connectivity index (χ2n) is 3.72. The molecule has 0 atom stereocenters. The molecule has 2 aromatic rings. The summed E-state index contributed by atoms with van der Waals surface area (Å²) in [6.45, 7) is 4.01. The minimum Gasteiger partial charge on any atom is -0.309 e. The highest BCUT2D eigenvalue weighted by Gasteiger charge is 1.94. The van der Waals surface area contributed by atoms with Gasteiger partial charge in [0.25, 0.3) is 0 Å². The second-order valence-corrected chi connectivity index (χ2v) is 4.50. The van der Waals surface area contributed by atoms with Gasteiger partial charge in [-0.15, -0.1) is 12.4 Å². The van der Waals surface area contributed by atoms with Crippen molar-refractivity contribution < 1.29 is 0 Å². The Morgan fingerprint density at radius 2 is 1.69 bits per heavy atom. The number of rotatable bonds is 4. The van der Waals surface area contributed by atoms with Crippen LogP contribution in [0.4, 0.5) is 0 Å². The van der Waals surface area contributed by atoms with Crippen LogP contribution in [-0.2, 0) is 13.1 Å². The van der Waals surface area contributed by atoms with Crippen LogP contribution in [0.15, 0.2) is 41.1 Å². The zero-order chi connectivity index (χ0) is 10.5. The highest BCUT2D eigenvalue weighted by Crippen LogP contribution is 2.06. The van der Waals surface area contributed by atoms with Crippen LogP contribution in [0.2, 0.25) is 0 Å². The van der Waals surface area contributed by atoms with Gasteiger partial charge in [-0.25, -0.2) is 0 Å². The maximum atomic E-state index is 3.43. The van der Waals surface area contributed by atoms with Crippen molar-refractivity contribution in [3.8, 4) is 0 Å². The molecule has 2 rings (SSSR count). The lowest BCUT2D eigenvalue weighted by atomic mass is 10.1. The van der Waals surface area contributed by atoms with Gasteiger partial charge in [-0.1, -0.05) is 29.8 Å². The van der Waals surface area contributed by atoms with E-state index in [1.165, 1.54) is 16.7 Å². The number of halogens is 1. The molecule has 0 unspecified atom stereocenters. The summed E-state index contributed by atoms with van der Waals surface area (Å²) in [5, 5.41) is 7.73. The van der Waals surface area contributed by atoms with E-state index in [0.717, 1.165) is 13.1 Å². The second kappa shape index (κ2) is 6.69. The minimum absolute atomic E-state index is 0. The zero-order valence-electron chi connectivity index (χ0n) is 9.27. The summed E-state index contributed by atoms with van der Waals surface area (Å²) in [6.07, 6.45) is 0. The lowest BCUT2D eigenvalue weighted by Crippen LogP contribution is -2.11. The predicted molar refractivity (Wildman–Crippen MR) is 73.3 cm³/mol. The molecule has 0 fully saturated rings. The molecule has 0 aliphatic carbocycles. The van der Waals surface area contributed by atoms with Gasteiger partial charge < -0.3 is 5.32 Å². The van der Waals surface area contributed by atoms with Crippen LogP contribution in [0.3, 0.4) is 0 Å². The molecule has 0 bridgehead atoms. The Kier molecular flexibility index (Phi) is 5.53. The summed E-state index contributed by atoms with van der Waals surface area (Å²) < 4.78 is 0. The third-order valence-electron chi connectivity index (χ3n) is 2.36. The van der Waals surface area contributed by atoms with Crippen LogP contribution < -0.4 is 5.32 Å². The summed E-state index contributed by atoms with van der Waals surface area (Å²) in [6, 6.07) is 10.8. The van der Waals surface area contributed by atoms with Crippen LogP contribution in [-0.4, -0.2) is 0 Å². The maximum Gasteiger partial charge on any atom is 0.0216 e. The molecule has 1 N–H and O–H groups in total. The monoisotopic (exact) mass is 253 g/mol. The van der Waals surface area contributed by atoms with Crippen molar-refractivity contribution in [3.63, 3.8) is 0 Å². The summed E-state index contributed by atoms with van der Waals surface area (Å²) in [7, 11) is 0. The van der Waals surface area contributed by atoms with Gasteiger partial charge >= 0.3 is 0 Å². The van der Waals surface area contributed by atoms with Crippen molar-refractivity contribution in [1.29, 1.82) is 0 Å². The first-order valence-electron chi connectivity index (χ1n) is 5.12. The molecule has 0 amide bonds. The highest BCUT2D eigenvalue weighted by atomic mass is 35.5. The van der Waals surface area contributed by atoms with Gasteiger partial charge in [0.05, 0.1) is 0 Å². The van der Waals surface area contributed by atoms with Crippen LogP contribution >= 0.6 is 23.7 Å². The molecule has 0 aliphatic heterocycles. The number of aryl methyl sites for hydroxylation is 1. The van der Waals surface area contributed by atoms with Crippen molar-refractivity contribution in [2.45, 2.75) is 20.0 Å². The highest BCUT2D eigenvalue weighted by molar-refractivity contribution is 7.07. The van der Waals surface area contributed by atoms with E-state index in [1.807, 2.05) is 0 Å². The van der Waals surface area contributed by atoms with Gasteiger partial charge in [0, 0.05) is 13.1 Å². The Hall–Kier alpha value is -0.830. The van der Waals surface area contributed by atoms with Gasteiger partial charge in [-0.05, 0) is 34.9 Å². The SMILES string of the molecule is Cc1ccc(CNCc2ccsc2)cc1.Cl. The third kappa shape index (κ3) is 3.97. The molecule has 1 aromatic carbocycles. The molecule has 0 saturated heterocycles. The Morgan fingerprint density at radius 3 is 2.31 bits per heavy atom. The summed E-state index contributed by atoms with van der Waals surface area (Å²) >= 11 is 1.75. The lowest BCUT2D eigenvalue weighted by molar-refractivity contribution is 0.695. The van der Waals surface area contributed by atoms with Gasteiger partial charge in [-0.3, -0.25) is 0 Å². The largest absolute Gasteiger partial charge is 0.309 e. The number of hydrogen-bond acceptors (Lipinski definition) is 2. The van der Waals surface area contributed by atoms with Gasteiger partial charge in [-0.2, -0.15) is 11.3 Å². The van der Waals surface area contributed by atoms with Crippen molar-refractivity contribution in [2.75, 3.05) is 0 Å². The molecule has 16 heavy (non-hydrogen) atoms. The van der Waals surface area contributed by atoms with E-state index >= 15 is 0 Å². The van der Waals surface area contributed by atoms with Crippen molar-refractivity contribution in [2.24, 2.45) is 0 Å². The summed E-state index contributed by atoms with van der Waals surface area (Å²) in [5.74, 6) is 0. The first kappa shape index (κ1) is 13.2. The van der Waals surface area contributed by atoms with Crippen molar-refractivity contribution in [1.82, 2.24) is 5.32 Å². The number of hydrogen-bond donors (Lipinski definition) is 1. The lowest BCUT2D eigenvalue weighted by Gasteiger charge is -2.03. The van der Waals surface area contributed by atoms with Gasteiger partial charge in [0.15, 0.2) is 0 Å². The van der Waals surface area contributed by atoms with E-state index in [2.05, 4.69) is 53.3 Å². The predicted octanol–water partition coefficient (Wildman–Crippen LogP) is 3.77. The zero-order valence-corrected chi connectivity index (χ0v) is 10.9. The molecule has 1 nitrogen and oxygen atoms in total. The molecule has 3 heteroatoms. The molecule has 0 aliphatic rings. The first-order chi connectivity index (χ1) is 7.34. The molecule has 1 aromatic heterocycles. The van der Waals surface area contributed by atoms with Crippen LogP contribution in [0, 0.1) is 6.92 Å². The van der Waals surface area contributed by atoms with Gasteiger partial charge in [0.1, 0.15) is 0 Å². The van der Waals surface area contributed by atoms with E-state index < -0.39 is 0 Å². The molecule has 1 heterocycles. The Morgan fingerprint density at radius 1 is 1.00 bits per heavy atom. The van der Waals surface area contributed by atoms with E-state index in [-0.39, 0.29) is 12.4 Å². The summed E-state index contributed by atoms with van der Waals surface area (Å²) in [5.41, 5.74) is 4.03. The van der Waals surface area contributed by atoms with Crippen molar-refractivity contribution >= 4 is 23.7 Å². The fourth-order valence-electron chi connectivity index (χ4n) is 1.45. The molecule has 0 saturated carbocycles. The van der Waals surface area contributed by atoms with E-state index in [4.69, 9.17) is 0 Å². The molecule has 86 valence electrons. The molecule has 0 radical (unpaired) electrons. The molecular weight excluding hydrogens is 238 g/mol. The van der Waals surface area contributed by atoms with Gasteiger partial charge in [0.2, 0.25) is 0 Å². The van der Waals surface area contributed by atoms with Crippen molar-refractivity contribution in [3.05, 3.63) is 57.8 Å². The standard InChI is InChI=1S/C13H15NS.ClH/c1-11-2-4-12(5-3-11)8-14-9-13-6-7-15-10-13;/h2-7,10,14H,8-9H2,1H3;1H. The maximum absolute atomic E-state index is 3.43. The average molecular weight is 254 g/mol. The summed E-state index contributed by atoms with van der Waals surface area (Å²) in [4.78, 5) is 0. The molecule has 0 spiro atoms. The Balaban J connectivity index is 0.00000128.